The maximum absolute atomic E-state index is 12.1. The first kappa shape index (κ1) is 14.3. The van der Waals surface area contributed by atoms with Crippen LogP contribution in [0.4, 0.5) is 16.2 Å². The second-order valence-corrected chi connectivity index (χ2v) is 4.42. The molecule has 0 saturated carbocycles. The maximum atomic E-state index is 12.1. The van der Waals surface area contributed by atoms with Crippen molar-refractivity contribution in [3.63, 3.8) is 0 Å². The normalized spacial score (nSPS) is 10.4. The molecule has 0 aliphatic heterocycles. The number of nitrogens with one attached hydrogen (secondary N) is 1. The van der Waals surface area contributed by atoms with Crippen molar-refractivity contribution in [2.45, 2.75) is 26.3 Å². The largest absolute Gasteiger partial charge is 0.399 e. The summed E-state index contributed by atoms with van der Waals surface area (Å²) in [5.74, 6) is 0. The van der Waals surface area contributed by atoms with E-state index < -0.39 is 0 Å². The van der Waals surface area contributed by atoms with E-state index in [4.69, 9.17) is 10.8 Å². The molecule has 0 aliphatic rings. The van der Waals surface area contributed by atoms with Crippen LogP contribution in [-0.4, -0.2) is 35.2 Å². The Hall–Kier alpha value is -1.75. The molecule has 0 atom stereocenters. The lowest BCUT2D eigenvalue weighted by molar-refractivity contribution is 0.186. The topological polar surface area (TPSA) is 78.6 Å². The van der Waals surface area contributed by atoms with E-state index in [1.807, 2.05) is 13.8 Å². The summed E-state index contributed by atoms with van der Waals surface area (Å²) in [5, 5.41) is 11.6. The van der Waals surface area contributed by atoms with Crippen molar-refractivity contribution in [1.29, 1.82) is 0 Å². The number of carbonyl (C=O) groups excluding carboxylic acids is 1. The summed E-state index contributed by atoms with van der Waals surface area (Å²) in [6.45, 7) is 4.49. The number of aliphatic hydroxyl groups excluding tert-OH is 1. The average Bonchev–Trinajstić information content (AvgIpc) is 2.29. The van der Waals surface area contributed by atoms with Gasteiger partial charge in [0.2, 0.25) is 0 Å². The molecule has 5 heteroatoms. The highest BCUT2D eigenvalue weighted by Crippen LogP contribution is 2.13. The van der Waals surface area contributed by atoms with Crippen LogP contribution in [0.15, 0.2) is 24.3 Å². The molecule has 1 rings (SSSR count). The van der Waals surface area contributed by atoms with Gasteiger partial charge < -0.3 is 21.1 Å². The first-order valence-electron chi connectivity index (χ1n) is 6.08. The SMILES string of the molecule is CC(C)N(CCCO)C(=O)Nc1cccc(N)c1. The zero-order chi connectivity index (χ0) is 13.5. The third kappa shape index (κ3) is 4.25. The highest BCUT2D eigenvalue weighted by atomic mass is 16.3. The van der Waals surface area contributed by atoms with E-state index in [9.17, 15) is 4.79 Å². The summed E-state index contributed by atoms with van der Waals surface area (Å²) in [6, 6.07) is 6.96. The minimum Gasteiger partial charge on any atom is -0.399 e. The van der Waals surface area contributed by atoms with Crippen LogP contribution in [-0.2, 0) is 0 Å². The van der Waals surface area contributed by atoms with Crippen molar-refractivity contribution in [3.05, 3.63) is 24.3 Å². The number of nitrogens with zero attached hydrogens (tertiary/aromatic N) is 1. The molecule has 0 fully saturated rings. The Morgan fingerprint density at radius 3 is 2.78 bits per heavy atom. The number of nitrogens with two attached hydrogens (primary N) is 1. The second-order valence-electron chi connectivity index (χ2n) is 4.42. The minimum absolute atomic E-state index is 0.0782. The quantitative estimate of drug-likeness (QED) is 0.699. The van der Waals surface area contributed by atoms with Gasteiger partial charge in [0, 0.05) is 30.6 Å². The van der Waals surface area contributed by atoms with Crippen LogP contribution >= 0.6 is 0 Å². The molecule has 0 unspecified atom stereocenters. The predicted molar refractivity (Wildman–Crippen MR) is 73.4 cm³/mol. The molecule has 1 aromatic rings. The van der Waals surface area contributed by atoms with Gasteiger partial charge >= 0.3 is 6.03 Å². The van der Waals surface area contributed by atoms with Gasteiger partial charge in [-0.25, -0.2) is 4.79 Å². The number of amides is 2. The molecule has 0 radical (unpaired) electrons. The Labute approximate surface area is 108 Å². The Morgan fingerprint density at radius 1 is 1.50 bits per heavy atom. The van der Waals surface area contributed by atoms with Gasteiger partial charge in [-0.15, -0.1) is 0 Å². The summed E-state index contributed by atoms with van der Waals surface area (Å²) in [7, 11) is 0. The number of benzene rings is 1. The van der Waals surface area contributed by atoms with Gasteiger partial charge in [-0.1, -0.05) is 6.07 Å². The van der Waals surface area contributed by atoms with Gasteiger partial charge in [0.1, 0.15) is 0 Å². The van der Waals surface area contributed by atoms with E-state index >= 15 is 0 Å². The molecule has 5 nitrogen and oxygen atoms in total. The van der Waals surface area contributed by atoms with E-state index in [-0.39, 0.29) is 18.7 Å². The number of nitrogen functional groups attached to an aromatic ring is 1. The van der Waals surface area contributed by atoms with E-state index in [0.29, 0.717) is 24.3 Å². The van der Waals surface area contributed by atoms with E-state index in [1.165, 1.54) is 0 Å². The Morgan fingerprint density at radius 2 is 2.22 bits per heavy atom. The smallest absolute Gasteiger partial charge is 0.322 e. The predicted octanol–water partition coefficient (Wildman–Crippen LogP) is 1.89. The van der Waals surface area contributed by atoms with Crippen molar-refractivity contribution in [2.24, 2.45) is 0 Å². The van der Waals surface area contributed by atoms with Gasteiger partial charge in [0.15, 0.2) is 0 Å². The molecule has 18 heavy (non-hydrogen) atoms. The number of urea groups is 1. The molecule has 2 amide bonds. The highest BCUT2D eigenvalue weighted by molar-refractivity contribution is 5.90. The number of anilines is 2. The summed E-state index contributed by atoms with van der Waals surface area (Å²) < 4.78 is 0. The van der Waals surface area contributed by atoms with Crippen molar-refractivity contribution in [3.8, 4) is 0 Å². The van der Waals surface area contributed by atoms with E-state index in [2.05, 4.69) is 5.32 Å². The van der Waals surface area contributed by atoms with Gasteiger partial charge in [0.25, 0.3) is 0 Å². The van der Waals surface area contributed by atoms with Crippen LogP contribution in [0.2, 0.25) is 0 Å². The van der Waals surface area contributed by atoms with E-state index in [0.717, 1.165) is 0 Å². The van der Waals surface area contributed by atoms with Crippen molar-refractivity contribution in [1.82, 2.24) is 4.90 Å². The van der Waals surface area contributed by atoms with Crippen molar-refractivity contribution < 1.29 is 9.90 Å². The lowest BCUT2D eigenvalue weighted by atomic mass is 10.2. The minimum atomic E-state index is -0.177. The molecule has 0 heterocycles. The molecule has 0 spiro atoms. The average molecular weight is 251 g/mol. The van der Waals surface area contributed by atoms with Gasteiger partial charge in [-0.3, -0.25) is 0 Å². The lowest BCUT2D eigenvalue weighted by Gasteiger charge is -2.26. The molecule has 100 valence electrons. The first-order chi connectivity index (χ1) is 8.54. The van der Waals surface area contributed by atoms with Gasteiger partial charge in [0.05, 0.1) is 0 Å². The summed E-state index contributed by atoms with van der Waals surface area (Å²) >= 11 is 0. The third-order valence-corrected chi connectivity index (χ3v) is 2.58. The fourth-order valence-corrected chi connectivity index (χ4v) is 1.65. The van der Waals surface area contributed by atoms with Crippen molar-refractivity contribution in [2.75, 3.05) is 24.2 Å². The monoisotopic (exact) mass is 251 g/mol. The van der Waals surface area contributed by atoms with Crippen molar-refractivity contribution >= 4 is 17.4 Å². The summed E-state index contributed by atoms with van der Waals surface area (Å²) in [4.78, 5) is 13.7. The van der Waals surface area contributed by atoms with Crippen LogP contribution in [0.5, 0.6) is 0 Å². The molecular formula is C13H21N3O2. The number of aliphatic hydroxyl groups is 1. The van der Waals surface area contributed by atoms with Gasteiger partial charge in [-0.2, -0.15) is 0 Å². The molecule has 0 aromatic heterocycles. The number of rotatable bonds is 5. The maximum Gasteiger partial charge on any atom is 0.322 e. The molecule has 0 bridgehead atoms. The molecule has 1 aromatic carbocycles. The molecular weight excluding hydrogens is 230 g/mol. The Bertz CT molecular complexity index is 394. The first-order valence-corrected chi connectivity index (χ1v) is 6.08. The van der Waals surface area contributed by atoms with E-state index in [1.54, 1.807) is 29.2 Å². The number of carbonyl (C=O) groups is 1. The van der Waals surface area contributed by atoms with Crippen LogP contribution in [0.25, 0.3) is 0 Å². The molecule has 0 aliphatic carbocycles. The standard InChI is InChI=1S/C13H21N3O2/c1-10(2)16(7-4-8-17)13(18)15-12-6-3-5-11(14)9-12/h3,5-6,9-10,17H,4,7-8,14H2,1-2H3,(H,15,18). The Balaban J connectivity index is 2.66. The summed E-state index contributed by atoms with van der Waals surface area (Å²) in [6.07, 6.45) is 0.572. The lowest BCUT2D eigenvalue weighted by Crippen LogP contribution is -2.40. The van der Waals surface area contributed by atoms with Crippen LogP contribution in [0, 0.1) is 0 Å². The second kappa shape index (κ2) is 6.86. The fourth-order valence-electron chi connectivity index (χ4n) is 1.65. The highest BCUT2D eigenvalue weighted by Gasteiger charge is 2.16. The van der Waals surface area contributed by atoms with Crippen LogP contribution in [0.3, 0.4) is 0 Å². The van der Waals surface area contributed by atoms with Crippen LogP contribution < -0.4 is 11.1 Å². The fraction of sp³-hybridized carbons (Fsp3) is 0.462. The Kier molecular flexibility index (Phi) is 5.45. The third-order valence-electron chi connectivity index (χ3n) is 2.58. The zero-order valence-electron chi connectivity index (χ0n) is 10.9. The van der Waals surface area contributed by atoms with Gasteiger partial charge in [-0.05, 0) is 38.5 Å². The molecule has 0 saturated heterocycles. The number of hydrogen-bond donors (Lipinski definition) is 3. The zero-order valence-corrected chi connectivity index (χ0v) is 10.9. The van der Waals surface area contributed by atoms with Crippen LogP contribution in [0.1, 0.15) is 20.3 Å². The number of hydrogen-bond acceptors (Lipinski definition) is 3. The molecule has 4 N–H and O–H groups in total. The summed E-state index contributed by atoms with van der Waals surface area (Å²) in [5.41, 5.74) is 6.94.